The number of anilines is 1. The molecule has 0 aliphatic heterocycles. The summed E-state index contributed by atoms with van der Waals surface area (Å²) in [5, 5.41) is 3.03. The van der Waals surface area contributed by atoms with E-state index in [0.29, 0.717) is 11.3 Å². The van der Waals surface area contributed by atoms with E-state index in [9.17, 15) is 9.18 Å². The summed E-state index contributed by atoms with van der Waals surface area (Å²) in [5.41, 5.74) is 5.27. The Morgan fingerprint density at radius 2 is 2.15 bits per heavy atom. The van der Waals surface area contributed by atoms with Gasteiger partial charge in [0.05, 0.1) is 6.20 Å². The molecule has 0 radical (unpaired) electrons. The maximum absolute atomic E-state index is 13.3. The van der Waals surface area contributed by atoms with Crippen LogP contribution in [0.4, 0.5) is 10.1 Å². The molecule has 1 heterocycles. The first-order chi connectivity index (χ1) is 9.41. The van der Waals surface area contributed by atoms with Crippen LogP contribution in [0.1, 0.15) is 12.5 Å². The topological polar surface area (TPSA) is 68.0 Å². The quantitative estimate of drug-likeness (QED) is 0.901. The Balaban J connectivity index is 2.42. The molecule has 1 unspecified atom stereocenters. The summed E-state index contributed by atoms with van der Waals surface area (Å²) in [7, 11) is 0. The van der Waals surface area contributed by atoms with E-state index in [1.807, 2.05) is 12.1 Å². The average Bonchev–Trinajstić information content (AvgIpc) is 2.38. The Labute approximate surface area is 124 Å². The van der Waals surface area contributed by atoms with Gasteiger partial charge in [-0.2, -0.15) is 0 Å². The van der Waals surface area contributed by atoms with E-state index in [1.165, 1.54) is 12.3 Å². The van der Waals surface area contributed by atoms with Crippen molar-refractivity contribution < 1.29 is 9.18 Å². The smallest absolute Gasteiger partial charge is 0.247 e. The highest BCUT2D eigenvalue weighted by molar-refractivity contribution is 9.10. The predicted molar refractivity (Wildman–Crippen MR) is 78.5 cm³/mol. The Bertz CT molecular complexity index is 650. The van der Waals surface area contributed by atoms with Gasteiger partial charge in [-0.25, -0.2) is 4.39 Å². The number of nitrogens with zero attached hydrogens (tertiary/aromatic N) is 1. The number of aromatic nitrogens is 1. The first-order valence-electron chi connectivity index (χ1n) is 5.86. The predicted octanol–water partition coefficient (Wildman–Crippen LogP) is 2.80. The fourth-order valence-electron chi connectivity index (χ4n) is 1.82. The number of hydrogen-bond donors (Lipinski definition) is 2. The number of nitrogens with two attached hydrogens (primary N) is 1. The van der Waals surface area contributed by atoms with E-state index in [-0.39, 0.29) is 0 Å². The van der Waals surface area contributed by atoms with Gasteiger partial charge in [-0.1, -0.05) is 22.0 Å². The lowest BCUT2D eigenvalue weighted by molar-refractivity contribution is -0.122. The van der Waals surface area contributed by atoms with Crippen LogP contribution in [0.3, 0.4) is 0 Å². The maximum Gasteiger partial charge on any atom is 0.247 e. The van der Waals surface area contributed by atoms with Gasteiger partial charge in [-0.05, 0) is 31.2 Å². The van der Waals surface area contributed by atoms with Gasteiger partial charge in [0, 0.05) is 21.9 Å². The van der Waals surface area contributed by atoms with Crippen LogP contribution < -0.4 is 11.1 Å². The van der Waals surface area contributed by atoms with Gasteiger partial charge < -0.3 is 11.1 Å². The largest absolute Gasteiger partial charge is 0.368 e. The fourth-order valence-corrected chi connectivity index (χ4v) is 2.22. The summed E-state index contributed by atoms with van der Waals surface area (Å²) in [6.45, 7) is 1.59. The molecule has 0 fully saturated rings. The first kappa shape index (κ1) is 14.5. The van der Waals surface area contributed by atoms with Crippen molar-refractivity contribution in [3.05, 3.63) is 58.6 Å². The minimum atomic E-state index is -1.25. The van der Waals surface area contributed by atoms with Crippen LogP contribution in [0.5, 0.6) is 0 Å². The molecule has 2 rings (SSSR count). The third-order valence-corrected chi connectivity index (χ3v) is 3.49. The summed E-state index contributed by atoms with van der Waals surface area (Å²) < 4.78 is 14.2. The standard InChI is InChI=1S/C14H13BrFN3O/c1-14(13(17)20,9-5-11(16)8-18-7-9)19-12-4-2-3-10(15)6-12/h2-8,19H,1H3,(H2,17,20). The maximum atomic E-state index is 13.3. The zero-order valence-corrected chi connectivity index (χ0v) is 12.3. The Morgan fingerprint density at radius 1 is 1.40 bits per heavy atom. The van der Waals surface area contributed by atoms with Crippen LogP contribution in [0.15, 0.2) is 47.2 Å². The molecule has 6 heteroatoms. The average molecular weight is 338 g/mol. The summed E-state index contributed by atoms with van der Waals surface area (Å²) in [6.07, 6.45) is 2.49. The first-order valence-corrected chi connectivity index (χ1v) is 6.66. The molecule has 0 spiro atoms. The molecule has 4 nitrogen and oxygen atoms in total. The van der Waals surface area contributed by atoms with Crippen LogP contribution in [0.2, 0.25) is 0 Å². The Hall–Kier alpha value is -1.95. The molecule has 2 aromatic rings. The monoisotopic (exact) mass is 337 g/mol. The minimum Gasteiger partial charge on any atom is -0.368 e. The second kappa shape index (κ2) is 5.58. The zero-order chi connectivity index (χ0) is 14.8. The number of hydrogen-bond acceptors (Lipinski definition) is 3. The number of nitrogens with one attached hydrogen (secondary N) is 1. The molecule has 1 aromatic heterocycles. The Kier molecular flexibility index (Phi) is 4.04. The van der Waals surface area contributed by atoms with Gasteiger partial charge in [0.1, 0.15) is 11.4 Å². The molecular formula is C14H13BrFN3O. The van der Waals surface area contributed by atoms with Gasteiger partial charge >= 0.3 is 0 Å². The van der Waals surface area contributed by atoms with Gasteiger partial charge in [-0.3, -0.25) is 9.78 Å². The van der Waals surface area contributed by atoms with Gasteiger partial charge in [0.25, 0.3) is 0 Å². The van der Waals surface area contributed by atoms with Crippen LogP contribution in [0.25, 0.3) is 0 Å². The highest BCUT2D eigenvalue weighted by atomic mass is 79.9. The zero-order valence-electron chi connectivity index (χ0n) is 10.7. The number of primary amides is 1. The highest BCUT2D eigenvalue weighted by Gasteiger charge is 2.34. The lowest BCUT2D eigenvalue weighted by Gasteiger charge is -2.29. The van der Waals surface area contributed by atoms with Crippen LogP contribution in [-0.2, 0) is 10.3 Å². The van der Waals surface area contributed by atoms with Gasteiger partial charge in [-0.15, -0.1) is 0 Å². The minimum absolute atomic E-state index is 0.366. The molecule has 3 N–H and O–H groups in total. The van der Waals surface area contributed by atoms with Crippen molar-refractivity contribution in [1.82, 2.24) is 4.98 Å². The van der Waals surface area contributed by atoms with Crippen molar-refractivity contribution in [3.63, 3.8) is 0 Å². The number of pyridine rings is 1. The van der Waals surface area contributed by atoms with E-state index in [0.717, 1.165) is 10.7 Å². The number of halogens is 2. The third-order valence-electron chi connectivity index (χ3n) is 2.99. The molecule has 1 amide bonds. The number of carbonyl (C=O) groups excluding carboxylic acids is 1. The summed E-state index contributed by atoms with van der Waals surface area (Å²) in [6, 6.07) is 8.50. The fraction of sp³-hybridized carbons (Fsp3) is 0.143. The Morgan fingerprint density at radius 3 is 2.75 bits per heavy atom. The van der Waals surface area contributed by atoms with Crippen molar-refractivity contribution in [2.75, 3.05) is 5.32 Å². The SMILES string of the molecule is CC(Nc1cccc(Br)c1)(C(N)=O)c1cncc(F)c1. The van der Waals surface area contributed by atoms with Gasteiger partial charge in [0.15, 0.2) is 0 Å². The van der Waals surface area contributed by atoms with Crippen molar-refractivity contribution in [1.29, 1.82) is 0 Å². The summed E-state index contributed by atoms with van der Waals surface area (Å²) >= 11 is 3.35. The summed E-state index contributed by atoms with van der Waals surface area (Å²) in [4.78, 5) is 15.6. The van der Waals surface area contributed by atoms with E-state index in [4.69, 9.17) is 5.73 Å². The second-order valence-electron chi connectivity index (χ2n) is 4.52. The molecule has 104 valence electrons. The van der Waals surface area contributed by atoms with Gasteiger partial charge in [0.2, 0.25) is 5.91 Å². The molecule has 0 saturated carbocycles. The molecule has 20 heavy (non-hydrogen) atoms. The number of amides is 1. The lowest BCUT2D eigenvalue weighted by Crippen LogP contribution is -2.45. The molecular weight excluding hydrogens is 325 g/mol. The number of rotatable bonds is 4. The molecule has 1 aromatic carbocycles. The molecule has 0 aliphatic rings. The highest BCUT2D eigenvalue weighted by Crippen LogP contribution is 2.27. The molecule has 0 saturated heterocycles. The van der Waals surface area contributed by atoms with E-state index >= 15 is 0 Å². The lowest BCUT2D eigenvalue weighted by atomic mass is 9.92. The van der Waals surface area contributed by atoms with Crippen molar-refractivity contribution in [2.24, 2.45) is 5.73 Å². The van der Waals surface area contributed by atoms with Crippen molar-refractivity contribution in [2.45, 2.75) is 12.5 Å². The van der Waals surface area contributed by atoms with Crippen molar-refractivity contribution >= 4 is 27.5 Å². The van der Waals surface area contributed by atoms with Crippen LogP contribution in [0, 0.1) is 5.82 Å². The van der Waals surface area contributed by atoms with Crippen LogP contribution in [-0.4, -0.2) is 10.9 Å². The van der Waals surface area contributed by atoms with Crippen molar-refractivity contribution in [3.8, 4) is 0 Å². The second-order valence-corrected chi connectivity index (χ2v) is 5.43. The molecule has 0 bridgehead atoms. The van der Waals surface area contributed by atoms with E-state index < -0.39 is 17.3 Å². The molecule has 1 atom stereocenters. The molecule has 0 aliphatic carbocycles. The van der Waals surface area contributed by atoms with E-state index in [2.05, 4.69) is 26.2 Å². The normalized spacial score (nSPS) is 13.6. The number of benzene rings is 1. The van der Waals surface area contributed by atoms with E-state index in [1.54, 1.807) is 19.1 Å². The third kappa shape index (κ3) is 2.96. The summed E-state index contributed by atoms with van der Waals surface area (Å²) in [5.74, 6) is -1.14. The van der Waals surface area contributed by atoms with Crippen LogP contribution >= 0.6 is 15.9 Å². The number of carbonyl (C=O) groups is 1.